The number of piperidine rings is 1. The summed E-state index contributed by atoms with van der Waals surface area (Å²) in [6.45, 7) is 1.29. The number of sulfonamides is 1. The van der Waals surface area contributed by atoms with Crippen LogP contribution in [0.15, 0.2) is 23.4 Å². The molecule has 1 N–H and O–H groups in total. The molecular weight excluding hydrogens is 297 g/mol. The molecule has 1 spiro atoms. The van der Waals surface area contributed by atoms with Crippen LogP contribution in [0.2, 0.25) is 0 Å². The Labute approximate surface area is 122 Å². The lowest BCUT2D eigenvalue weighted by molar-refractivity contribution is -0.119. The van der Waals surface area contributed by atoms with Crippen LogP contribution in [-0.2, 0) is 14.8 Å². The van der Waals surface area contributed by atoms with Crippen LogP contribution in [0.5, 0.6) is 0 Å². The number of pyridine rings is 1. The highest BCUT2D eigenvalue weighted by Crippen LogP contribution is 2.38. The van der Waals surface area contributed by atoms with Gasteiger partial charge in [-0.1, -0.05) is 0 Å². The molecule has 21 heavy (non-hydrogen) atoms. The largest absolute Gasteiger partial charge is 0.356 e. The summed E-state index contributed by atoms with van der Waals surface area (Å²) in [5.41, 5.74) is -0.122. The highest BCUT2D eigenvalue weighted by Gasteiger charge is 2.43. The molecule has 6 nitrogen and oxygen atoms in total. The zero-order valence-corrected chi connectivity index (χ0v) is 12.2. The molecule has 0 aromatic carbocycles. The molecule has 0 radical (unpaired) electrons. The molecule has 3 heterocycles. The third-order valence-electron chi connectivity index (χ3n) is 4.30. The van der Waals surface area contributed by atoms with Crippen molar-refractivity contribution < 1.29 is 17.6 Å². The van der Waals surface area contributed by atoms with Gasteiger partial charge in [0.15, 0.2) is 0 Å². The minimum atomic E-state index is -3.72. The first-order valence-electron chi connectivity index (χ1n) is 6.79. The predicted molar refractivity (Wildman–Crippen MR) is 72.2 cm³/mol. The lowest BCUT2D eigenvalue weighted by Crippen LogP contribution is -2.43. The number of hydrogen-bond acceptors (Lipinski definition) is 4. The Kier molecular flexibility index (Phi) is 3.45. The SMILES string of the molecule is O=C1CC2(CCN(S(=O)(=O)c3cncc(F)c3)CC2)CN1. The standard InChI is InChI=1S/C13H16FN3O3S/c14-10-5-11(8-15-7-10)21(19,20)17-3-1-13(2-4-17)6-12(18)16-9-13/h5,7-8H,1-4,6,9H2,(H,16,18). The number of hydrogen-bond donors (Lipinski definition) is 1. The van der Waals surface area contributed by atoms with Gasteiger partial charge < -0.3 is 5.32 Å². The van der Waals surface area contributed by atoms with E-state index in [1.807, 2.05) is 0 Å². The van der Waals surface area contributed by atoms with Gasteiger partial charge in [-0.05, 0) is 24.3 Å². The molecule has 0 unspecified atom stereocenters. The van der Waals surface area contributed by atoms with Gasteiger partial charge in [0.25, 0.3) is 0 Å². The van der Waals surface area contributed by atoms with Crippen LogP contribution in [0.25, 0.3) is 0 Å². The second-order valence-electron chi connectivity index (χ2n) is 5.70. The fraction of sp³-hybridized carbons (Fsp3) is 0.538. The van der Waals surface area contributed by atoms with Crippen molar-refractivity contribution in [2.45, 2.75) is 24.2 Å². The van der Waals surface area contributed by atoms with Crippen LogP contribution in [-0.4, -0.2) is 43.2 Å². The minimum Gasteiger partial charge on any atom is -0.356 e. The van der Waals surface area contributed by atoms with E-state index >= 15 is 0 Å². The number of amides is 1. The molecule has 114 valence electrons. The first-order chi connectivity index (χ1) is 9.91. The van der Waals surface area contributed by atoms with Gasteiger partial charge in [0.1, 0.15) is 10.7 Å². The van der Waals surface area contributed by atoms with E-state index in [2.05, 4.69) is 10.3 Å². The number of aromatic nitrogens is 1. The number of halogens is 1. The monoisotopic (exact) mass is 313 g/mol. The maximum Gasteiger partial charge on any atom is 0.244 e. The second-order valence-corrected chi connectivity index (χ2v) is 7.63. The Morgan fingerprint density at radius 1 is 1.29 bits per heavy atom. The Balaban J connectivity index is 1.76. The van der Waals surface area contributed by atoms with Crippen LogP contribution in [0.1, 0.15) is 19.3 Å². The smallest absolute Gasteiger partial charge is 0.244 e. The molecule has 2 saturated heterocycles. The van der Waals surface area contributed by atoms with Gasteiger partial charge in [-0.2, -0.15) is 4.31 Å². The van der Waals surface area contributed by atoms with E-state index in [4.69, 9.17) is 0 Å². The number of nitrogens with zero attached hydrogens (tertiary/aromatic N) is 2. The van der Waals surface area contributed by atoms with E-state index in [-0.39, 0.29) is 16.2 Å². The van der Waals surface area contributed by atoms with Crippen molar-refractivity contribution in [3.8, 4) is 0 Å². The third kappa shape index (κ3) is 2.65. The molecule has 0 saturated carbocycles. The highest BCUT2D eigenvalue weighted by atomic mass is 32.2. The fourth-order valence-corrected chi connectivity index (χ4v) is 4.41. The molecular formula is C13H16FN3O3S. The highest BCUT2D eigenvalue weighted by molar-refractivity contribution is 7.89. The molecule has 1 amide bonds. The van der Waals surface area contributed by atoms with E-state index < -0.39 is 15.8 Å². The van der Waals surface area contributed by atoms with Crippen LogP contribution in [0.3, 0.4) is 0 Å². The van der Waals surface area contributed by atoms with Gasteiger partial charge >= 0.3 is 0 Å². The fourth-order valence-electron chi connectivity index (χ4n) is 2.99. The van der Waals surface area contributed by atoms with Crippen molar-refractivity contribution >= 4 is 15.9 Å². The molecule has 0 atom stereocenters. The summed E-state index contributed by atoms with van der Waals surface area (Å²) in [7, 11) is -3.72. The second kappa shape index (κ2) is 5.03. The van der Waals surface area contributed by atoms with Crippen molar-refractivity contribution in [3.05, 3.63) is 24.3 Å². The van der Waals surface area contributed by atoms with Gasteiger partial charge in [-0.15, -0.1) is 0 Å². The van der Waals surface area contributed by atoms with Crippen LogP contribution in [0, 0.1) is 11.2 Å². The first kappa shape index (κ1) is 14.4. The number of nitrogens with one attached hydrogen (secondary N) is 1. The number of carbonyl (C=O) groups is 1. The van der Waals surface area contributed by atoms with E-state index in [1.165, 1.54) is 4.31 Å². The molecule has 2 aliphatic heterocycles. The van der Waals surface area contributed by atoms with E-state index in [1.54, 1.807) is 0 Å². The predicted octanol–water partition coefficient (Wildman–Crippen LogP) is 0.512. The maximum absolute atomic E-state index is 13.2. The Morgan fingerprint density at radius 3 is 2.57 bits per heavy atom. The average molecular weight is 313 g/mol. The van der Waals surface area contributed by atoms with E-state index in [9.17, 15) is 17.6 Å². The van der Waals surface area contributed by atoms with Gasteiger partial charge in [-0.25, -0.2) is 12.8 Å². The summed E-state index contributed by atoms with van der Waals surface area (Å²) in [5, 5.41) is 2.81. The summed E-state index contributed by atoms with van der Waals surface area (Å²) in [4.78, 5) is 14.8. The molecule has 1 aromatic rings. The Hall–Kier alpha value is -1.54. The van der Waals surface area contributed by atoms with Crippen molar-refractivity contribution in [1.82, 2.24) is 14.6 Å². The van der Waals surface area contributed by atoms with Crippen LogP contribution in [0.4, 0.5) is 4.39 Å². The molecule has 1 aromatic heterocycles. The zero-order chi connectivity index (χ0) is 15.1. The summed E-state index contributed by atoms with van der Waals surface area (Å²) in [6.07, 6.45) is 3.85. The summed E-state index contributed by atoms with van der Waals surface area (Å²) in [5.74, 6) is -0.643. The van der Waals surface area contributed by atoms with Crippen molar-refractivity contribution in [2.75, 3.05) is 19.6 Å². The Bertz CT molecular complexity index is 669. The van der Waals surface area contributed by atoms with E-state index in [0.717, 1.165) is 18.5 Å². The summed E-state index contributed by atoms with van der Waals surface area (Å²) < 4.78 is 39.4. The van der Waals surface area contributed by atoms with Gasteiger partial charge in [-0.3, -0.25) is 9.78 Å². The number of rotatable bonds is 2. The van der Waals surface area contributed by atoms with E-state index in [0.29, 0.717) is 38.9 Å². The average Bonchev–Trinajstić information content (AvgIpc) is 2.80. The molecule has 8 heteroatoms. The number of carbonyl (C=O) groups excluding carboxylic acids is 1. The van der Waals surface area contributed by atoms with Crippen molar-refractivity contribution in [1.29, 1.82) is 0 Å². The summed E-state index contributed by atoms with van der Waals surface area (Å²) >= 11 is 0. The van der Waals surface area contributed by atoms with Crippen molar-refractivity contribution in [2.24, 2.45) is 5.41 Å². The maximum atomic E-state index is 13.2. The van der Waals surface area contributed by atoms with Crippen LogP contribution >= 0.6 is 0 Å². The summed E-state index contributed by atoms with van der Waals surface area (Å²) in [6, 6.07) is 0.980. The van der Waals surface area contributed by atoms with Gasteiger partial charge in [0.05, 0.1) is 6.20 Å². The molecule has 3 rings (SSSR count). The lowest BCUT2D eigenvalue weighted by atomic mass is 9.78. The quantitative estimate of drug-likeness (QED) is 0.863. The molecule has 2 fully saturated rings. The minimum absolute atomic E-state index is 0.0284. The normalized spacial score (nSPS) is 22.4. The third-order valence-corrected chi connectivity index (χ3v) is 6.16. The molecule has 0 aliphatic carbocycles. The Morgan fingerprint density at radius 2 is 2.00 bits per heavy atom. The van der Waals surface area contributed by atoms with Gasteiger partial charge in [0.2, 0.25) is 15.9 Å². The molecule has 0 bridgehead atoms. The topological polar surface area (TPSA) is 79.4 Å². The van der Waals surface area contributed by atoms with Crippen molar-refractivity contribution in [3.63, 3.8) is 0 Å². The molecule has 2 aliphatic rings. The first-order valence-corrected chi connectivity index (χ1v) is 8.23. The van der Waals surface area contributed by atoms with Crippen LogP contribution < -0.4 is 5.32 Å². The lowest BCUT2D eigenvalue weighted by Gasteiger charge is -2.37. The zero-order valence-electron chi connectivity index (χ0n) is 11.4. The van der Waals surface area contributed by atoms with Gasteiger partial charge in [0, 0.05) is 32.3 Å².